The SMILES string of the molecule is Cc1cc(Br)ccc1NC(=O)c1ncnc(C)c1C. The van der Waals surface area contributed by atoms with Crippen LogP contribution in [0.2, 0.25) is 0 Å². The summed E-state index contributed by atoms with van der Waals surface area (Å²) < 4.78 is 0.983. The van der Waals surface area contributed by atoms with Crippen molar-refractivity contribution in [2.45, 2.75) is 20.8 Å². The smallest absolute Gasteiger partial charge is 0.274 e. The molecule has 0 saturated carbocycles. The van der Waals surface area contributed by atoms with E-state index < -0.39 is 0 Å². The van der Waals surface area contributed by atoms with Gasteiger partial charge in [-0.05, 0) is 44.5 Å². The minimum atomic E-state index is -0.214. The lowest BCUT2D eigenvalue weighted by molar-refractivity contribution is 0.102. The maximum absolute atomic E-state index is 12.2. The lowest BCUT2D eigenvalue weighted by atomic mass is 10.1. The molecule has 1 amide bonds. The van der Waals surface area contributed by atoms with Crippen LogP contribution < -0.4 is 5.32 Å². The fourth-order valence-electron chi connectivity index (χ4n) is 1.72. The summed E-state index contributed by atoms with van der Waals surface area (Å²) in [6, 6.07) is 5.70. The van der Waals surface area contributed by atoms with Crippen LogP contribution in [0.15, 0.2) is 29.0 Å². The molecule has 0 unspecified atom stereocenters. The number of hydrogen-bond acceptors (Lipinski definition) is 3. The molecule has 4 nitrogen and oxygen atoms in total. The highest BCUT2D eigenvalue weighted by atomic mass is 79.9. The fourth-order valence-corrected chi connectivity index (χ4v) is 2.19. The molecule has 0 saturated heterocycles. The van der Waals surface area contributed by atoms with Gasteiger partial charge in [-0.15, -0.1) is 0 Å². The number of halogens is 1. The quantitative estimate of drug-likeness (QED) is 0.922. The molecule has 0 bridgehead atoms. The molecule has 0 spiro atoms. The van der Waals surface area contributed by atoms with Crippen LogP contribution in [-0.4, -0.2) is 15.9 Å². The van der Waals surface area contributed by atoms with Crippen LogP contribution in [0.4, 0.5) is 5.69 Å². The molecular formula is C14H14BrN3O. The number of carbonyl (C=O) groups is 1. The zero-order chi connectivity index (χ0) is 14.0. The number of aromatic nitrogens is 2. The Labute approximate surface area is 120 Å². The highest BCUT2D eigenvalue weighted by Crippen LogP contribution is 2.21. The second kappa shape index (κ2) is 5.48. The number of rotatable bonds is 2. The Balaban J connectivity index is 2.28. The van der Waals surface area contributed by atoms with E-state index in [9.17, 15) is 4.79 Å². The number of nitrogens with one attached hydrogen (secondary N) is 1. The van der Waals surface area contributed by atoms with Crippen molar-refractivity contribution in [2.24, 2.45) is 0 Å². The summed E-state index contributed by atoms with van der Waals surface area (Å²) in [4.78, 5) is 20.3. The first-order valence-corrected chi connectivity index (χ1v) is 6.64. The molecule has 2 rings (SSSR count). The van der Waals surface area contributed by atoms with Gasteiger partial charge in [0, 0.05) is 21.4 Å². The first kappa shape index (κ1) is 13.7. The molecule has 0 fully saturated rings. The van der Waals surface area contributed by atoms with Crippen LogP contribution in [0.1, 0.15) is 27.3 Å². The average molecular weight is 320 g/mol. The first-order valence-electron chi connectivity index (χ1n) is 5.84. The van der Waals surface area contributed by atoms with Gasteiger partial charge in [-0.1, -0.05) is 15.9 Å². The summed E-state index contributed by atoms with van der Waals surface area (Å²) in [5, 5.41) is 2.87. The Bertz CT molecular complexity index is 641. The maximum Gasteiger partial charge on any atom is 0.274 e. The van der Waals surface area contributed by atoms with E-state index in [-0.39, 0.29) is 5.91 Å². The Morgan fingerprint density at radius 3 is 2.63 bits per heavy atom. The summed E-state index contributed by atoms with van der Waals surface area (Å²) in [6.07, 6.45) is 1.41. The topological polar surface area (TPSA) is 54.9 Å². The number of benzene rings is 1. The highest BCUT2D eigenvalue weighted by Gasteiger charge is 2.13. The van der Waals surface area contributed by atoms with Gasteiger partial charge in [-0.25, -0.2) is 9.97 Å². The number of nitrogens with zero attached hydrogens (tertiary/aromatic N) is 2. The Morgan fingerprint density at radius 2 is 1.95 bits per heavy atom. The molecule has 0 radical (unpaired) electrons. The molecule has 98 valence electrons. The normalized spacial score (nSPS) is 10.3. The van der Waals surface area contributed by atoms with E-state index in [0.29, 0.717) is 5.69 Å². The molecule has 1 aromatic heterocycles. The minimum Gasteiger partial charge on any atom is -0.320 e. The Hall–Kier alpha value is -1.75. The predicted octanol–water partition coefficient (Wildman–Crippen LogP) is 3.42. The van der Waals surface area contributed by atoms with Crippen molar-refractivity contribution in [1.82, 2.24) is 9.97 Å². The lowest BCUT2D eigenvalue weighted by Crippen LogP contribution is -2.17. The van der Waals surface area contributed by atoms with Crippen molar-refractivity contribution in [3.8, 4) is 0 Å². The third kappa shape index (κ3) is 2.98. The van der Waals surface area contributed by atoms with E-state index in [0.717, 1.165) is 27.0 Å². The van der Waals surface area contributed by atoms with Crippen molar-refractivity contribution in [1.29, 1.82) is 0 Å². The Morgan fingerprint density at radius 1 is 1.21 bits per heavy atom. The second-order valence-electron chi connectivity index (χ2n) is 4.35. The van der Waals surface area contributed by atoms with E-state index in [1.165, 1.54) is 6.33 Å². The van der Waals surface area contributed by atoms with Crippen LogP contribution in [0.3, 0.4) is 0 Å². The third-order valence-corrected chi connectivity index (χ3v) is 3.48. The number of carbonyl (C=O) groups excluding carboxylic acids is 1. The number of hydrogen-bond donors (Lipinski definition) is 1. The summed E-state index contributed by atoms with van der Waals surface area (Å²) in [5.74, 6) is -0.214. The molecule has 0 atom stereocenters. The first-order chi connectivity index (χ1) is 8.99. The van der Waals surface area contributed by atoms with Crippen molar-refractivity contribution in [3.05, 3.63) is 51.5 Å². The van der Waals surface area contributed by atoms with Gasteiger partial charge in [-0.3, -0.25) is 4.79 Å². The third-order valence-electron chi connectivity index (χ3n) is 2.99. The van der Waals surface area contributed by atoms with Crippen molar-refractivity contribution >= 4 is 27.5 Å². The largest absolute Gasteiger partial charge is 0.320 e. The standard InChI is InChI=1S/C14H14BrN3O/c1-8-6-11(15)4-5-12(8)18-14(19)13-9(2)10(3)16-7-17-13/h4-7H,1-3H3,(H,18,19). The van der Waals surface area contributed by atoms with Gasteiger partial charge >= 0.3 is 0 Å². The minimum absolute atomic E-state index is 0.214. The van der Waals surface area contributed by atoms with E-state index in [1.807, 2.05) is 39.0 Å². The molecule has 0 aliphatic rings. The van der Waals surface area contributed by atoms with Gasteiger partial charge in [-0.2, -0.15) is 0 Å². The second-order valence-corrected chi connectivity index (χ2v) is 5.26. The number of aryl methyl sites for hydroxylation is 2. The fraction of sp³-hybridized carbons (Fsp3) is 0.214. The maximum atomic E-state index is 12.2. The average Bonchev–Trinajstić information content (AvgIpc) is 2.36. The molecule has 19 heavy (non-hydrogen) atoms. The van der Waals surface area contributed by atoms with E-state index >= 15 is 0 Å². The van der Waals surface area contributed by atoms with Crippen LogP contribution in [0.5, 0.6) is 0 Å². The Kier molecular flexibility index (Phi) is 3.95. The van der Waals surface area contributed by atoms with E-state index in [4.69, 9.17) is 0 Å². The number of anilines is 1. The van der Waals surface area contributed by atoms with E-state index in [2.05, 4.69) is 31.2 Å². The lowest BCUT2D eigenvalue weighted by Gasteiger charge is -2.10. The summed E-state index contributed by atoms with van der Waals surface area (Å²) in [6.45, 7) is 5.65. The van der Waals surface area contributed by atoms with Crippen LogP contribution >= 0.6 is 15.9 Å². The summed E-state index contributed by atoms with van der Waals surface area (Å²) >= 11 is 3.40. The molecule has 0 aliphatic carbocycles. The van der Waals surface area contributed by atoms with Gasteiger partial charge < -0.3 is 5.32 Å². The monoisotopic (exact) mass is 319 g/mol. The number of amides is 1. The van der Waals surface area contributed by atoms with Crippen molar-refractivity contribution < 1.29 is 4.79 Å². The zero-order valence-electron chi connectivity index (χ0n) is 11.0. The summed E-state index contributed by atoms with van der Waals surface area (Å²) in [5.41, 5.74) is 3.80. The molecule has 1 heterocycles. The zero-order valence-corrected chi connectivity index (χ0v) is 12.6. The van der Waals surface area contributed by atoms with Gasteiger partial charge in [0.15, 0.2) is 0 Å². The molecule has 0 aliphatic heterocycles. The van der Waals surface area contributed by atoms with Crippen LogP contribution in [-0.2, 0) is 0 Å². The van der Waals surface area contributed by atoms with Gasteiger partial charge in [0.05, 0.1) is 0 Å². The van der Waals surface area contributed by atoms with Crippen LogP contribution in [0.25, 0.3) is 0 Å². The molecular weight excluding hydrogens is 306 g/mol. The van der Waals surface area contributed by atoms with Crippen molar-refractivity contribution in [3.63, 3.8) is 0 Å². The van der Waals surface area contributed by atoms with Gasteiger partial charge in [0.2, 0.25) is 0 Å². The van der Waals surface area contributed by atoms with Gasteiger partial charge in [0.1, 0.15) is 12.0 Å². The molecule has 5 heteroatoms. The van der Waals surface area contributed by atoms with Crippen molar-refractivity contribution in [2.75, 3.05) is 5.32 Å². The molecule has 1 N–H and O–H groups in total. The predicted molar refractivity (Wildman–Crippen MR) is 78.3 cm³/mol. The molecule has 1 aromatic carbocycles. The van der Waals surface area contributed by atoms with Crippen LogP contribution in [0, 0.1) is 20.8 Å². The summed E-state index contributed by atoms with van der Waals surface area (Å²) in [7, 11) is 0. The van der Waals surface area contributed by atoms with Gasteiger partial charge in [0.25, 0.3) is 5.91 Å². The van der Waals surface area contributed by atoms with E-state index in [1.54, 1.807) is 0 Å². The highest BCUT2D eigenvalue weighted by molar-refractivity contribution is 9.10. The molecule has 2 aromatic rings.